The monoisotopic (exact) mass is 448 g/mol. The van der Waals surface area contributed by atoms with Crippen LogP contribution in [0.5, 0.6) is 0 Å². The third-order valence-corrected chi connectivity index (χ3v) is 7.75. The van der Waals surface area contributed by atoms with Crippen LogP contribution in [0.2, 0.25) is 0 Å². The number of carbonyl (C=O) groups excluding carboxylic acids is 1. The molecule has 1 aromatic carbocycles. The van der Waals surface area contributed by atoms with Crippen molar-refractivity contribution in [3.05, 3.63) is 29.6 Å². The number of carbonyl (C=O) groups is 1. The molecule has 11 heteroatoms. The van der Waals surface area contributed by atoms with E-state index in [0.29, 0.717) is 26.2 Å². The lowest BCUT2D eigenvalue weighted by Crippen LogP contribution is -2.56. The quantitative estimate of drug-likeness (QED) is 0.701. The molecule has 1 aromatic rings. The first-order valence-electron chi connectivity index (χ1n) is 10.2. The molecule has 2 fully saturated rings. The number of benzene rings is 1. The summed E-state index contributed by atoms with van der Waals surface area (Å²) in [5.74, 6) is -5.01. The number of nitrogens with one attached hydrogen (secondary N) is 1. The average Bonchev–Trinajstić information content (AvgIpc) is 3.04. The molecule has 0 aliphatic carbocycles. The summed E-state index contributed by atoms with van der Waals surface area (Å²) in [7, 11) is -3.53. The summed E-state index contributed by atoms with van der Waals surface area (Å²) in [6.45, 7) is 3.82. The first-order valence-corrected chi connectivity index (χ1v) is 11.5. The van der Waals surface area contributed by atoms with Crippen molar-refractivity contribution in [1.82, 2.24) is 13.5 Å². The van der Waals surface area contributed by atoms with Crippen LogP contribution >= 0.6 is 0 Å². The molecule has 2 saturated heterocycles. The van der Waals surface area contributed by atoms with Crippen molar-refractivity contribution in [2.24, 2.45) is 0 Å². The van der Waals surface area contributed by atoms with E-state index in [1.165, 1.54) is 8.61 Å². The molecule has 0 spiro atoms. The number of anilines is 1. The van der Waals surface area contributed by atoms with Gasteiger partial charge in [0.15, 0.2) is 17.5 Å². The molecule has 168 valence electrons. The molecule has 0 bridgehead atoms. The molecule has 1 N–H and O–H groups in total. The molecule has 7 nitrogen and oxygen atoms in total. The van der Waals surface area contributed by atoms with Gasteiger partial charge in [0.2, 0.25) is 5.91 Å². The van der Waals surface area contributed by atoms with Gasteiger partial charge < -0.3 is 5.32 Å². The molecule has 2 heterocycles. The van der Waals surface area contributed by atoms with Gasteiger partial charge in [-0.2, -0.15) is 17.0 Å². The van der Waals surface area contributed by atoms with Crippen molar-refractivity contribution < 1.29 is 26.4 Å². The summed E-state index contributed by atoms with van der Waals surface area (Å²) < 4.78 is 68.9. The lowest BCUT2D eigenvalue weighted by Gasteiger charge is -2.38. The smallest absolute Gasteiger partial charge is 0.282 e. The predicted octanol–water partition coefficient (Wildman–Crippen LogP) is 2.17. The summed E-state index contributed by atoms with van der Waals surface area (Å²) in [6, 6.07) is 1.01. The van der Waals surface area contributed by atoms with Crippen molar-refractivity contribution >= 4 is 21.8 Å². The maximum Gasteiger partial charge on any atom is 0.282 e. The van der Waals surface area contributed by atoms with E-state index in [4.69, 9.17) is 0 Å². The zero-order valence-corrected chi connectivity index (χ0v) is 17.7. The fraction of sp³-hybridized carbons (Fsp3) is 0.632. The van der Waals surface area contributed by atoms with E-state index in [-0.39, 0.29) is 13.1 Å². The van der Waals surface area contributed by atoms with Crippen LogP contribution in [0.15, 0.2) is 12.1 Å². The first-order chi connectivity index (χ1) is 14.2. The Balaban J connectivity index is 1.57. The highest BCUT2D eigenvalue weighted by Gasteiger charge is 2.34. The Labute approximate surface area is 175 Å². The average molecular weight is 449 g/mol. The molecule has 0 saturated carbocycles. The number of hydrogen-bond acceptors (Lipinski definition) is 4. The van der Waals surface area contributed by atoms with E-state index in [1.54, 1.807) is 11.8 Å². The Bertz CT molecular complexity index is 868. The van der Waals surface area contributed by atoms with Gasteiger partial charge in [-0.15, -0.1) is 0 Å². The molecular weight excluding hydrogens is 421 g/mol. The van der Waals surface area contributed by atoms with Gasteiger partial charge in [-0.05, 0) is 31.9 Å². The second kappa shape index (κ2) is 9.63. The minimum atomic E-state index is -3.53. The predicted molar refractivity (Wildman–Crippen MR) is 107 cm³/mol. The number of hydrogen-bond donors (Lipinski definition) is 1. The van der Waals surface area contributed by atoms with Gasteiger partial charge in [-0.1, -0.05) is 12.8 Å². The van der Waals surface area contributed by atoms with Crippen LogP contribution in [0.4, 0.5) is 18.9 Å². The molecule has 0 unspecified atom stereocenters. The summed E-state index contributed by atoms with van der Waals surface area (Å²) in [5, 5.41) is 2.27. The van der Waals surface area contributed by atoms with Crippen molar-refractivity contribution in [1.29, 1.82) is 0 Å². The highest BCUT2D eigenvalue weighted by Crippen LogP contribution is 2.21. The van der Waals surface area contributed by atoms with Crippen LogP contribution in [0.1, 0.15) is 32.6 Å². The van der Waals surface area contributed by atoms with E-state index < -0.39 is 45.3 Å². The Hall–Kier alpha value is -1.69. The van der Waals surface area contributed by atoms with Crippen LogP contribution < -0.4 is 5.32 Å². The number of halogens is 3. The lowest BCUT2D eigenvalue weighted by molar-refractivity contribution is -0.121. The summed E-state index contributed by atoms with van der Waals surface area (Å²) >= 11 is 0. The van der Waals surface area contributed by atoms with Crippen LogP contribution in [0.25, 0.3) is 0 Å². The topological polar surface area (TPSA) is 73.0 Å². The first kappa shape index (κ1) is 23.0. The molecule has 2 aliphatic rings. The van der Waals surface area contributed by atoms with E-state index in [9.17, 15) is 26.4 Å². The third-order valence-electron chi connectivity index (χ3n) is 5.71. The Morgan fingerprint density at radius 3 is 2.07 bits per heavy atom. The maximum absolute atomic E-state index is 13.8. The number of nitrogens with zero attached hydrogens (tertiary/aromatic N) is 3. The molecule has 30 heavy (non-hydrogen) atoms. The normalized spacial score (nSPS) is 21.2. The maximum atomic E-state index is 13.8. The highest BCUT2D eigenvalue weighted by molar-refractivity contribution is 7.86. The fourth-order valence-electron chi connectivity index (χ4n) is 3.78. The zero-order chi connectivity index (χ0) is 21.9. The summed E-state index contributed by atoms with van der Waals surface area (Å²) in [5.41, 5.74) is -0.437. The molecule has 3 rings (SSSR count). The van der Waals surface area contributed by atoms with E-state index in [2.05, 4.69) is 5.32 Å². The fourth-order valence-corrected chi connectivity index (χ4v) is 5.45. The van der Waals surface area contributed by atoms with Crippen LogP contribution in [-0.4, -0.2) is 73.1 Å². The second-order valence-electron chi connectivity index (χ2n) is 7.64. The van der Waals surface area contributed by atoms with Crippen LogP contribution in [0.3, 0.4) is 0 Å². The zero-order valence-electron chi connectivity index (χ0n) is 16.9. The van der Waals surface area contributed by atoms with Gasteiger partial charge in [0.05, 0.1) is 11.7 Å². The summed E-state index contributed by atoms with van der Waals surface area (Å²) in [6.07, 6.45) is 3.78. The van der Waals surface area contributed by atoms with Crippen molar-refractivity contribution in [3.8, 4) is 0 Å². The minimum Gasteiger partial charge on any atom is -0.322 e. The second-order valence-corrected chi connectivity index (χ2v) is 9.57. The summed E-state index contributed by atoms with van der Waals surface area (Å²) in [4.78, 5) is 14.2. The Kier molecular flexibility index (Phi) is 7.38. The number of rotatable bonds is 5. The molecule has 1 amide bonds. The number of amides is 1. The van der Waals surface area contributed by atoms with E-state index in [1.807, 2.05) is 0 Å². The van der Waals surface area contributed by atoms with Crippen LogP contribution in [-0.2, 0) is 15.0 Å². The van der Waals surface area contributed by atoms with Gasteiger partial charge >= 0.3 is 0 Å². The van der Waals surface area contributed by atoms with Gasteiger partial charge in [0, 0.05) is 39.3 Å². The van der Waals surface area contributed by atoms with Crippen molar-refractivity contribution in [3.63, 3.8) is 0 Å². The Morgan fingerprint density at radius 2 is 1.47 bits per heavy atom. The molecule has 0 radical (unpaired) electrons. The lowest BCUT2D eigenvalue weighted by atomic mass is 10.2. The van der Waals surface area contributed by atoms with Gasteiger partial charge in [0.25, 0.3) is 10.2 Å². The van der Waals surface area contributed by atoms with Crippen molar-refractivity contribution in [2.75, 3.05) is 44.6 Å². The minimum absolute atomic E-state index is 0.246. The molecule has 1 atom stereocenters. The van der Waals surface area contributed by atoms with Gasteiger partial charge in [-0.3, -0.25) is 9.69 Å². The van der Waals surface area contributed by atoms with E-state index >= 15 is 0 Å². The van der Waals surface area contributed by atoms with Crippen LogP contribution in [0, 0.1) is 17.5 Å². The highest BCUT2D eigenvalue weighted by atomic mass is 32.2. The van der Waals surface area contributed by atoms with Gasteiger partial charge in [-0.25, -0.2) is 13.2 Å². The molecule has 2 aliphatic heterocycles. The van der Waals surface area contributed by atoms with E-state index in [0.717, 1.165) is 37.8 Å². The largest absolute Gasteiger partial charge is 0.322 e. The molecule has 0 aromatic heterocycles. The van der Waals surface area contributed by atoms with Crippen molar-refractivity contribution in [2.45, 2.75) is 38.6 Å². The standard InChI is InChI=1S/C19H27F3N4O3S/c1-14(19(27)23-16-7-6-15(20)17(21)18(16)22)24-10-12-26(13-11-24)30(28,29)25-8-4-2-3-5-9-25/h6-7,14H,2-5,8-13H2,1H3,(H,23,27)/t14-/m1/s1. The third kappa shape index (κ3) is 4.96. The molecular formula is C19H27F3N4O3S. The van der Waals surface area contributed by atoms with Gasteiger partial charge in [0.1, 0.15) is 0 Å². The Morgan fingerprint density at radius 1 is 0.900 bits per heavy atom. The number of piperazine rings is 1. The SMILES string of the molecule is C[C@H](C(=O)Nc1ccc(F)c(F)c1F)N1CCN(S(=O)(=O)N2CCCCCC2)CC1.